The first kappa shape index (κ1) is 17.3. The van der Waals surface area contributed by atoms with Crippen LogP contribution in [0, 0.1) is 0 Å². The minimum Gasteiger partial charge on any atom is -0.496 e. The second kappa shape index (κ2) is 8.05. The number of imidazole rings is 1. The van der Waals surface area contributed by atoms with Crippen LogP contribution in [0.3, 0.4) is 0 Å². The molecule has 0 spiro atoms. The number of ether oxygens (including phenoxy) is 1. The first-order valence-corrected chi connectivity index (χ1v) is 8.83. The van der Waals surface area contributed by atoms with Crippen LogP contribution < -0.4 is 10.1 Å². The minimum atomic E-state index is -0.0825. The van der Waals surface area contributed by atoms with Gasteiger partial charge in [-0.25, -0.2) is 9.78 Å². The molecular weight excluding hydrogens is 316 g/mol. The number of methoxy groups -OCH3 is 1. The van der Waals surface area contributed by atoms with Crippen molar-refractivity contribution in [2.45, 2.75) is 38.8 Å². The predicted molar refractivity (Wildman–Crippen MR) is 96.7 cm³/mol. The van der Waals surface area contributed by atoms with Gasteiger partial charge in [-0.1, -0.05) is 18.2 Å². The number of likely N-dealkylation sites (N-methyl/N-ethyl adjacent to an activating group) is 1. The molecule has 0 saturated carbocycles. The van der Waals surface area contributed by atoms with Crippen molar-refractivity contribution in [3.8, 4) is 5.75 Å². The summed E-state index contributed by atoms with van der Waals surface area (Å²) in [7, 11) is 3.47. The number of hydrogen-bond acceptors (Lipinski definition) is 3. The monoisotopic (exact) mass is 342 g/mol. The summed E-state index contributed by atoms with van der Waals surface area (Å²) >= 11 is 0. The van der Waals surface area contributed by atoms with Crippen molar-refractivity contribution in [2.75, 3.05) is 20.7 Å². The summed E-state index contributed by atoms with van der Waals surface area (Å²) in [4.78, 5) is 18.6. The first-order valence-electron chi connectivity index (χ1n) is 8.83. The zero-order valence-electron chi connectivity index (χ0n) is 15.0. The number of benzene rings is 1. The Morgan fingerprint density at radius 1 is 1.36 bits per heavy atom. The van der Waals surface area contributed by atoms with Gasteiger partial charge in [-0.15, -0.1) is 0 Å². The van der Waals surface area contributed by atoms with Crippen molar-refractivity contribution in [2.24, 2.45) is 0 Å². The molecule has 25 heavy (non-hydrogen) atoms. The molecule has 0 atom stereocenters. The highest BCUT2D eigenvalue weighted by atomic mass is 16.5. The van der Waals surface area contributed by atoms with Crippen molar-refractivity contribution in [1.29, 1.82) is 0 Å². The van der Waals surface area contributed by atoms with E-state index in [0.717, 1.165) is 42.2 Å². The molecule has 6 nitrogen and oxygen atoms in total. The van der Waals surface area contributed by atoms with Gasteiger partial charge in [0.15, 0.2) is 0 Å². The quantitative estimate of drug-likeness (QED) is 0.878. The van der Waals surface area contributed by atoms with Crippen LogP contribution in [0.1, 0.15) is 29.9 Å². The second-order valence-corrected chi connectivity index (χ2v) is 6.44. The molecule has 0 saturated heterocycles. The number of aromatic nitrogens is 2. The maximum atomic E-state index is 12.3. The molecule has 1 N–H and O–H groups in total. The molecule has 6 heteroatoms. The third-order valence-electron chi connectivity index (χ3n) is 4.63. The highest BCUT2D eigenvalue weighted by Crippen LogP contribution is 2.18. The molecule has 0 fully saturated rings. The molecule has 1 aliphatic heterocycles. The summed E-state index contributed by atoms with van der Waals surface area (Å²) in [5, 5.41) is 2.95. The average Bonchev–Trinajstić information content (AvgIpc) is 3.07. The van der Waals surface area contributed by atoms with Gasteiger partial charge >= 0.3 is 6.03 Å². The summed E-state index contributed by atoms with van der Waals surface area (Å²) < 4.78 is 7.56. The van der Waals surface area contributed by atoms with Gasteiger partial charge in [0.05, 0.1) is 19.3 Å². The van der Waals surface area contributed by atoms with Crippen LogP contribution in [-0.2, 0) is 25.9 Å². The molecule has 0 bridgehead atoms. The summed E-state index contributed by atoms with van der Waals surface area (Å²) in [6, 6.07) is 7.82. The highest BCUT2D eigenvalue weighted by molar-refractivity contribution is 5.73. The molecule has 134 valence electrons. The lowest BCUT2D eigenvalue weighted by Crippen LogP contribution is -2.38. The van der Waals surface area contributed by atoms with Crippen LogP contribution in [0.15, 0.2) is 30.5 Å². The topological polar surface area (TPSA) is 59.4 Å². The van der Waals surface area contributed by atoms with E-state index in [4.69, 9.17) is 4.74 Å². The Kier molecular flexibility index (Phi) is 5.58. The Morgan fingerprint density at radius 2 is 2.20 bits per heavy atom. The van der Waals surface area contributed by atoms with Crippen molar-refractivity contribution in [3.63, 3.8) is 0 Å². The molecule has 1 aromatic carbocycles. The van der Waals surface area contributed by atoms with Crippen molar-refractivity contribution < 1.29 is 9.53 Å². The third kappa shape index (κ3) is 4.32. The lowest BCUT2D eigenvalue weighted by atomic mass is 10.1. The molecule has 0 unspecified atom stereocenters. The number of nitrogens with zero attached hydrogens (tertiary/aromatic N) is 3. The Morgan fingerprint density at radius 3 is 3.00 bits per heavy atom. The number of amides is 2. The Balaban J connectivity index is 1.48. The molecule has 0 radical (unpaired) electrons. The fraction of sp³-hybridized carbons (Fsp3) is 0.474. The molecule has 3 rings (SSSR count). The van der Waals surface area contributed by atoms with Gasteiger partial charge in [-0.05, 0) is 30.9 Å². The number of carbonyl (C=O) groups excluding carboxylic acids is 1. The standard InChI is InChI=1S/C19H26N4O2/c1-22(12-10-15-7-3-4-8-17(15)25-2)19(24)20-13-16-14-23-11-6-5-9-18(23)21-16/h3-4,7-8,14H,5-6,9-13H2,1-2H3,(H,20,24). The van der Waals surface area contributed by atoms with E-state index >= 15 is 0 Å². The highest BCUT2D eigenvalue weighted by Gasteiger charge is 2.14. The largest absolute Gasteiger partial charge is 0.496 e. The summed E-state index contributed by atoms with van der Waals surface area (Å²) in [6.07, 6.45) is 6.26. The van der Waals surface area contributed by atoms with Crippen LogP contribution in [0.4, 0.5) is 4.79 Å². The van der Waals surface area contributed by atoms with E-state index in [1.807, 2.05) is 31.3 Å². The molecule has 2 amide bonds. The minimum absolute atomic E-state index is 0.0825. The Labute approximate surface area is 148 Å². The molecule has 0 aliphatic carbocycles. The van der Waals surface area contributed by atoms with E-state index in [-0.39, 0.29) is 6.03 Å². The van der Waals surface area contributed by atoms with Crippen molar-refractivity contribution in [3.05, 3.63) is 47.5 Å². The van der Waals surface area contributed by atoms with E-state index in [2.05, 4.69) is 21.1 Å². The first-order chi connectivity index (χ1) is 12.2. The smallest absolute Gasteiger partial charge is 0.317 e. The fourth-order valence-corrected chi connectivity index (χ4v) is 3.16. The number of fused-ring (bicyclic) bond motifs is 1. The lowest BCUT2D eigenvalue weighted by molar-refractivity contribution is 0.208. The van der Waals surface area contributed by atoms with Gasteiger partial charge in [0.2, 0.25) is 0 Å². The van der Waals surface area contributed by atoms with E-state index in [9.17, 15) is 4.79 Å². The average molecular weight is 342 g/mol. The van der Waals surface area contributed by atoms with E-state index in [1.54, 1.807) is 12.0 Å². The number of para-hydroxylation sites is 1. The van der Waals surface area contributed by atoms with E-state index in [0.29, 0.717) is 13.1 Å². The number of rotatable bonds is 6. The summed E-state index contributed by atoms with van der Waals surface area (Å²) in [5.41, 5.74) is 2.04. The van der Waals surface area contributed by atoms with Crippen LogP contribution in [0.25, 0.3) is 0 Å². The van der Waals surface area contributed by atoms with Crippen LogP contribution in [-0.4, -0.2) is 41.2 Å². The molecule has 2 heterocycles. The molecule has 1 aromatic heterocycles. The zero-order chi connectivity index (χ0) is 17.6. The number of carbonyl (C=O) groups is 1. The maximum absolute atomic E-state index is 12.3. The SMILES string of the molecule is COc1ccccc1CCN(C)C(=O)NCc1cn2c(n1)CCCC2. The lowest BCUT2D eigenvalue weighted by Gasteiger charge is -2.18. The van der Waals surface area contributed by atoms with Gasteiger partial charge in [0, 0.05) is 32.8 Å². The van der Waals surface area contributed by atoms with Crippen LogP contribution in [0.5, 0.6) is 5.75 Å². The van der Waals surface area contributed by atoms with Crippen molar-refractivity contribution >= 4 is 6.03 Å². The normalized spacial score (nSPS) is 13.2. The van der Waals surface area contributed by atoms with Crippen LogP contribution in [0.2, 0.25) is 0 Å². The van der Waals surface area contributed by atoms with Crippen molar-refractivity contribution in [1.82, 2.24) is 19.8 Å². The van der Waals surface area contributed by atoms with Gasteiger partial charge < -0.3 is 19.5 Å². The van der Waals surface area contributed by atoms with Gasteiger partial charge in [-0.3, -0.25) is 0 Å². The van der Waals surface area contributed by atoms with Gasteiger partial charge in [0.1, 0.15) is 11.6 Å². The van der Waals surface area contributed by atoms with Gasteiger partial charge in [-0.2, -0.15) is 0 Å². The zero-order valence-corrected chi connectivity index (χ0v) is 15.0. The fourth-order valence-electron chi connectivity index (χ4n) is 3.16. The third-order valence-corrected chi connectivity index (χ3v) is 4.63. The molecule has 1 aliphatic rings. The number of hydrogen-bond donors (Lipinski definition) is 1. The van der Waals surface area contributed by atoms with Gasteiger partial charge in [0.25, 0.3) is 0 Å². The number of urea groups is 1. The Bertz CT molecular complexity index is 702. The van der Waals surface area contributed by atoms with E-state index < -0.39 is 0 Å². The molecule has 2 aromatic rings. The number of nitrogens with one attached hydrogen (secondary N) is 1. The number of aryl methyl sites for hydroxylation is 2. The molecular formula is C19H26N4O2. The summed E-state index contributed by atoms with van der Waals surface area (Å²) in [5.74, 6) is 2.00. The van der Waals surface area contributed by atoms with Crippen LogP contribution >= 0.6 is 0 Å². The maximum Gasteiger partial charge on any atom is 0.317 e. The second-order valence-electron chi connectivity index (χ2n) is 6.44. The van der Waals surface area contributed by atoms with E-state index in [1.165, 1.54) is 12.8 Å². The Hall–Kier alpha value is -2.50. The predicted octanol–water partition coefficient (Wildman–Crippen LogP) is 2.61. The summed E-state index contributed by atoms with van der Waals surface area (Å²) in [6.45, 7) is 2.14.